The molecule has 0 aromatic heterocycles. The number of nitrogens with two attached hydrogens (primary N) is 1. The lowest BCUT2D eigenvalue weighted by Gasteiger charge is -2.28. The minimum Gasteiger partial charge on any atom is -0.375 e. The highest BCUT2D eigenvalue weighted by molar-refractivity contribution is 7.93. The molecule has 0 aromatic carbocycles. The van der Waals surface area contributed by atoms with Crippen molar-refractivity contribution in [3.63, 3.8) is 0 Å². The highest BCUT2D eigenvalue weighted by atomic mass is 32.2. The first-order chi connectivity index (χ1) is 6.61. The molecular weight excluding hydrogens is 206 g/mol. The lowest BCUT2D eigenvalue weighted by atomic mass is 10.4. The first kappa shape index (κ1) is 11.4. The van der Waals surface area contributed by atoms with Crippen LogP contribution in [-0.4, -0.2) is 53.3 Å². The van der Waals surface area contributed by atoms with E-state index in [4.69, 9.17) is 10.6 Å². The van der Waals surface area contributed by atoms with Crippen LogP contribution >= 0.6 is 0 Å². The Balaban J connectivity index is 2.51. The summed E-state index contributed by atoms with van der Waals surface area (Å²) in [5.74, 6) is 5.68. The second kappa shape index (κ2) is 4.72. The monoisotopic (exact) mass is 221 g/mol. The van der Waals surface area contributed by atoms with Gasteiger partial charge in [0.2, 0.25) is 5.91 Å². The molecule has 1 fully saturated rings. The molecule has 0 aromatic rings. The molecule has 0 aliphatic carbocycles. The summed E-state index contributed by atoms with van der Waals surface area (Å²) < 4.78 is 19.7. The van der Waals surface area contributed by atoms with Crippen LogP contribution in [0.1, 0.15) is 0 Å². The molecule has 6 nitrogen and oxygen atoms in total. The van der Waals surface area contributed by atoms with Gasteiger partial charge in [-0.15, -0.1) is 0 Å². The summed E-state index contributed by atoms with van der Waals surface area (Å²) in [5.41, 5.74) is 0. The van der Waals surface area contributed by atoms with Gasteiger partial charge in [-0.2, -0.15) is 4.47 Å². The molecule has 0 radical (unpaired) electrons. The number of carbonyl (C=O) groups excluding carboxylic acids is 1. The predicted octanol–water partition coefficient (Wildman–Crippen LogP) is -1.18. The zero-order chi connectivity index (χ0) is 10.6. The molecule has 7 heteroatoms. The van der Waals surface area contributed by atoms with E-state index in [2.05, 4.69) is 4.47 Å². The third-order valence-corrected chi connectivity index (χ3v) is 4.20. The Morgan fingerprint density at radius 3 is 2.57 bits per heavy atom. The normalized spacial score (nSPS) is 20.6. The van der Waals surface area contributed by atoms with E-state index in [9.17, 15) is 9.00 Å². The molecule has 0 atom stereocenters. The number of nitrogens with zero attached hydrogens (tertiary/aromatic N) is 2. The van der Waals surface area contributed by atoms with Crippen molar-refractivity contribution in [2.24, 2.45) is 10.3 Å². The van der Waals surface area contributed by atoms with Gasteiger partial charge in [0.05, 0.1) is 21.2 Å². The number of amides is 1. The maximum absolute atomic E-state index is 11.6. The summed E-state index contributed by atoms with van der Waals surface area (Å²) in [6.45, 7) is 0.963. The molecule has 1 saturated heterocycles. The van der Waals surface area contributed by atoms with E-state index in [1.54, 1.807) is 4.90 Å². The molecule has 1 aliphatic heterocycles. The molecule has 0 unspecified atom stereocenters. The van der Waals surface area contributed by atoms with Crippen molar-refractivity contribution in [2.75, 3.05) is 38.3 Å². The van der Waals surface area contributed by atoms with Gasteiger partial charge in [0.25, 0.3) is 0 Å². The summed E-state index contributed by atoms with van der Waals surface area (Å²) >= 11 is 0. The van der Waals surface area contributed by atoms with E-state index in [0.29, 0.717) is 24.6 Å². The first-order valence-electron chi connectivity index (χ1n) is 4.30. The summed E-state index contributed by atoms with van der Waals surface area (Å²) in [6.07, 6.45) is 0. The van der Waals surface area contributed by atoms with Crippen LogP contribution in [0.2, 0.25) is 0 Å². The van der Waals surface area contributed by atoms with Crippen LogP contribution < -0.4 is 5.84 Å². The molecule has 1 amide bonds. The van der Waals surface area contributed by atoms with E-state index >= 15 is 0 Å². The van der Waals surface area contributed by atoms with Crippen molar-refractivity contribution in [3.8, 4) is 0 Å². The number of hydrogen-bond donors (Lipinski definition) is 1. The highest BCUT2D eigenvalue weighted by Gasteiger charge is 2.23. The fourth-order valence-corrected chi connectivity index (χ4v) is 2.72. The van der Waals surface area contributed by atoms with Crippen LogP contribution in [0.25, 0.3) is 0 Å². The van der Waals surface area contributed by atoms with Gasteiger partial charge in [-0.3, -0.25) is 4.79 Å². The zero-order valence-corrected chi connectivity index (χ0v) is 8.96. The van der Waals surface area contributed by atoms with Crippen molar-refractivity contribution < 1.29 is 13.7 Å². The molecule has 0 spiro atoms. The highest BCUT2D eigenvalue weighted by Crippen LogP contribution is 2.06. The van der Waals surface area contributed by atoms with Gasteiger partial charge in [0.1, 0.15) is 6.61 Å². The van der Waals surface area contributed by atoms with Crippen LogP contribution in [-0.2, 0) is 19.3 Å². The maximum Gasteiger partial charge on any atom is 0.248 e. The van der Waals surface area contributed by atoms with Crippen LogP contribution in [0.3, 0.4) is 0 Å². The maximum atomic E-state index is 11.6. The van der Waals surface area contributed by atoms with Crippen molar-refractivity contribution in [1.82, 2.24) is 4.90 Å². The molecule has 1 rings (SSSR count). The number of rotatable bonds is 2. The van der Waals surface area contributed by atoms with E-state index in [1.807, 2.05) is 0 Å². The lowest BCUT2D eigenvalue weighted by molar-refractivity contribution is -0.134. The van der Waals surface area contributed by atoms with Crippen molar-refractivity contribution in [1.29, 1.82) is 0 Å². The van der Waals surface area contributed by atoms with Gasteiger partial charge in [0, 0.05) is 20.2 Å². The Morgan fingerprint density at radius 2 is 2.14 bits per heavy atom. The van der Waals surface area contributed by atoms with Gasteiger partial charge in [0.15, 0.2) is 0 Å². The lowest BCUT2D eigenvalue weighted by Crippen LogP contribution is -2.45. The SMILES string of the molecule is COCC(=O)N1CCS(=O)(=NN)CC1. The van der Waals surface area contributed by atoms with Gasteiger partial charge >= 0.3 is 0 Å². The number of ether oxygens (including phenoxy) is 1. The van der Waals surface area contributed by atoms with Gasteiger partial charge in [-0.1, -0.05) is 0 Å². The fourth-order valence-electron chi connectivity index (χ4n) is 1.29. The molecule has 1 heterocycles. The second-order valence-electron chi connectivity index (χ2n) is 3.10. The number of carbonyl (C=O) groups is 1. The third-order valence-electron chi connectivity index (χ3n) is 2.17. The molecule has 82 valence electrons. The topological polar surface area (TPSA) is 85.0 Å². The average molecular weight is 221 g/mol. The molecular formula is C7H15N3O3S. The molecule has 14 heavy (non-hydrogen) atoms. The number of methoxy groups -OCH3 is 1. The minimum atomic E-state index is -2.24. The summed E-state index contributed by atoms with van der Waals surface area (Å²) in [6, 6.07) is 0. The Bertz CT molecular complexity index is 308. The Hall–Kier alpha value is -0.660. The van der Waals surface area contributed by atoms with Crippen LogP contribution in [0, 0.1) is 0 Å². The second-order valence-corrected chi connectivity index (χ2v) is 5.67. The summed E-state index contributed by atoms with van der Waals surface area (Å²) in [5, 5.41) is 0. The van der Waals surface area contributed by atoms with Crippen LogP contribution in [0.15, 0.2) is 4.47 Å². The quantitative estimate of drug-likeness (QED) is 0.469. The first-order valence-corrected chi connectivity index (χ1v) is 6.15. The third kappa shape index (κ3) is 2.66. The van der Waals surface area contributed by atoms with Gasteiger partial charge in [-0.25, -0.2) is 10.1 Å². The molecule has 0 saturated carbocycles. The van der Waals surface area contributed by atoms with E-state index in [-0.39, 0.29) is 12.5 Å². The van der Waals surface area contributed by atoms with Crippen LogP contribution in [0.5, 0.6) is 0 Å². The zero-order valence-electron chi connectivity index (χ0n) is 8.14. The molecule has 0 bridgehead atoms. The summed E-state index contributed by atoms with van der Waals surface area (Å²) in [4.78, 5) is 13.0. The number of hydrogen-bond acceptors (Lipinski definition) is 4. The van der Waals surface area contributed by atoms with E-state index < -0.39 is 9.73 Å². The largest absolute Gasteiger partial charge is 0.375 e. The van der Waals surface area contributed by atoms with Crippen LogP contribution in [0.4, 0.5) is 0 Å². The van der Waals surface area contributed by atoms with Crippen molar-refractivity contribution in [2.45, 2.75) is 0 Å². The molecule has 2 N–H and O–H groups in total. The molecule has 1 aliphatic rings. The minimum absolute atomic E-state index is 0.0704. The average Bonchev–Trinajstić information content (AvgIpc) is 2.19. The Morgan fingerprint density at radius 1 is 1.57 bits per heavy atom. The van der Waals surface area contributed by atoms with Gasteiger partial charge < -0.3 is 9.64 Å². The predicted molar refractivity (Wildman–Crippen MR) is 52.9 cm³/mol. The smallest absolute Gasteiger partial charge is 0.248 e. The van der Waals surface area contributed by atoms with Gasteiger partial charge in [-0.05, 0) is 0 Å². The van der Waals surface area contributed by atoms with Crippen molar-refractivity contribution in [3.05, 3.63) is 0 Å². The standard InChI is InChI=1S/C7H15N3O3S/c1-13-6-7(11)10-2-4-14(12,9-8)5-3-10/h2-6,8H2,1H3. The summed E-state index contributed by atoms with van der Waals surface area (Å²) in [7, 11) is -0.769. The van der Waals surface area contributed by atoms with Crippen molar-refractivity contribution >= 4 is 15.6 Å². The Kier molecular flexibility index (Phi) is 3.85. The Labute approximate surface area is 83.5 Å². The van der Waals surface area contributed by atoms with E-state index in [0.717, 1.165) is 0 Å². The fraction of sp³-hybridized carbons (Fsp3) is 0.857. The van der Waals surface area contributed by atoms with E-state index in [1.165, 1.54) is 7.11 Å².